The van der Waals surface area contributed by atoms with E-state index in [1.165, 1.54) is 12.2 Å². The number of para-hydroxylation sites is 2. The van der Waals surface area contributed by atoms with Gasteiger partial charge in [-0.05, 0) is 161 Å². The van der Waals surface area contributed by atoms with Crippen LogP contribution in [-0.2, 0) is 32.2 Å². The van der Waals surface area contributed by atoms with E-state index in [9.17, 15) is 19.2 Å². The number of nitrogens with zero attached hydrogens (tertiary/aromatic N) is 9. The van der Waals surface area contributed by atoms with Crippen LogP contribution in [0.25, 0.3) is 44.3 Å². The highest BCUT2D eigenvalue weighted by molar-refractivity contribution is 9.09. The number of anilines is 4. The van der Waals surface area contributed by atoms with Gasteiger partial charge in [-0.1, -0.05) is 95.1 Å². The quantitative estimate of drug-likeness (QED) is 0.0265. The molecule has 0 aliphatic heterocycles. The Morgan fingerprint density at radius 3 is 1.54 bits per heavy atom. The number of hydrogen-bond acceptors (Lipinski definition) is 16. The van der Waals surface area contributed by atoms with Crippen LogP contribution in [0.2, 0.25) is 10.0 Å². The molecule has 2 aromatic carbocycles. The lowest BCUT2D eigenvalue weighted by Gasteiger charge is -2.38. The second kappa shape index (κ2) is 34.3. The minimum absolute atomic E-state index is 0. The summed E-state index contributed by atoms with van der Waals surface area (Å²) in [5, 5.41) is 13.1. The van der Waals surface area contributed by atoms with Gasteiger partial charge < -0.3 is 46.0 Å². The number of aromatic amines is 2. The van der Waals surface area contributed by atoms with Crippen molar-refractivity contribution in [3.63, 3.8) is 0 Å². The average Bonchev–Trinajstić information content (AvgIpc) is 1.70. The van der Waals surface area contributed by atoms with Crippen molar-refractivity contribution in [3.8, 4) is 22.5 Å². The Morgan fingerprint density at radius 2 is 1.13 bits per heavy atom. The van der Waals surface area contributed by atoms with Crippen molar-refractivity contribution in [2.24, 2.45) is 0 Å². The summed E-state index contributed by atoms with van der Waals surface area (Å²) in [7, 11) is 3.87. The molecule has 0 radical (unpaired) electrons. The Hall–Kier alpha value is -8.15. The molecule has 2 saturated carbocycles. The van der Waals surface area contributed by atoms with Crippen molar-refractivity contribution in [1.82, 2.24) is 54.6 Å². The van der Waals surface area contributed by atoms with Crippen molar-refractivity contribution in [2.75, 3.05) is 47.7 Å². The predicted molar refractivity (Wildman–Crippen MR) is 381 cm³/mol. The Bertz CT molecular complexity index is 3870. The molecule has 10 rings (SSSR count). The molecule has 2 unspecified atom stereocenters. The zero-order chi connectivity index (χ0) is 66.8. The molecule has 21 nitrogen and oxygen atoms in total. The van der Waals surface area contributed by atoms with E-state index < -0.39 is 22.5 Å². The van der Waals surface area contributed by atoms with Gasteiger partial charge in [0.2, 0.25) is 23.0 Å². The SMILES string of the molecule is C.CC(C)(C)OC(=O)N(Cc1ccc(N)cn1)C1CCC[C@@H](Nc2ncc(Cl)c(-c3c[nH]c4ccccc34)n2)C1.CN(C)C/C=C/C(=O)Nc1ccc(CN(C(=O)OC(C)(C)C)C2CCC[C@@H](Nc3ncc(Cl)c(-c4c[nH]c5ccccc45)n3)C2)nc1.O=C(Cl)/C=C/CBr. The number of benzene rings is 2. The molecule has 25 heteroatoms. The van der Waals surface area contributed by atoms with E-state index in [2.05, 4.69) is 61.8 Å². The first-order valence-corrected chi connectivity index (χ1v) is 33.0. The van der Waals surface area contributed by atoms with Crippen LogP contribution in [0.4, 0.5) is 32.9 Å². The van der Waals surface area contributed by atoms with Gasteiger partial charge in [0.15, 0.2) is 0 Å². The number of carbonyl (C=O) groups is 4. The highest BCUT2D eigenvalue weighted by atomic mass is 79.9. The normalized spacial score (nSPS) is 16.5. The number of aromatic nitrogens is 8. The van der Waals surface area contributed by atoms with Crippen molar-refractivity contribution in [3.05, 3.63) is 156 Å². The molecule has 500 valence electrons. The van der Waals surface area contributed by atoms with E-state index >= 15 is 0 Å². The maximum atomic E-state index is 13.6. The number of ether oxygens (including phenoxy) is 2. The summed E-state index contributed by atoms with van der Waals surface area (Å²) in [6.07, 6.45) is 22.6. The van der Waals surface area contributed by atoms with Gasteiger partial charge in [-0.25, -0.2) is 29.5 Å². The minimum Gasteiger partial charge on any atom is -0.444 e. The number of fused-ring (bicyclic) bond motifs is 2. The maximum absolute atomic E-state index is 13.6. The molecule has 8 aromatic rings. The monoisotopic (exact) mass is 1400 g/mol. The molecule has 3 amide bonds. The number of likely N-dealkylation sites (N-methyl/N-ethyl adjacent to an activating group) is 1. The van der Waals surface area contributed by atoms with Crippen LogP contribution >= 0.6 is 50.7 Å². The van der Waals surface area contributed by atoms with Crippen LogP contribution < -0.4 is 21.7 Å². The number of H-pyrrole nitrogens is 2. The number of halogens is 4. The van der Waals surface area contributed by atoms with E-state index in [-0.39, 0.29) is 50.1 Å². The largest absolute Gasteiger partial charge is 0.444 e. The van der Waals surface area contributed by atoms with Gasteiger partial charge in [-0.3, -0.25) is 29.4 Å². The van der Waals surface area contributed by atoms with E-state index in [4.69, 9.17) is 60.0 Å². The van der Waals surface area contributed by atoms with Gasteiger partial charge in [0.25, 0.3) is 0 Å². The molecule has 0 saturated heterocycles. The van der Waals surface area contributed by atoms with Gasteiger partial charge in [-0.2, -0.15) is 0 Å². The van der Waals surface area contributed by atoms with Crippen molar-refractivity contribution in [1.29, 1.82) is 0 Å². The number of nitrogens with one attached hydrogen (secondary N) is 5. The third-order valence-electron chi connectivity index (χ3n) is 15.0. The molecule has 2 aliphatic rings. The molecule has 2 fully saturated rings. The van der Waals surface area contributed by atoms with Crippen molar-refractivity contribution < 1.29 is 28.7 Å². The van der Waals surface area contributed by atoms with E-state index in [1.807, 2.05) is 134 Å². The molecule has 0 bridgehead atoms. The minimum atomic E-state index is -0.654. The van der Waals surface area contributed by atoms with Crippen LogP contribution in [0.3, 0.4) is 0 Å². The molecule has 0 spiro atoms. The summed E-state index contributed by atoms with van der Waals surface area (Å²) in [6.45, 7) is 12.5. The fourth-order valence-corrected chi connectivity index (χ4v) is 11.5. The lowest BCUT2D eigenvalue weighted by atomic mass is 9.90. The Labute approximate surface area is 573 Å². The second-order valence-corrected chi connectivity index (χ2v) is 26.8. The van der Waals surface area contributed by atoms with Crippen molar-refractivity contribution >= 4 is 119 Å². The van der Waals surface area contributed by atoms with Crippen LogP contribution in [-0.4, -0.2) is 139 Å². The maximum Gasteiger partial charge on any atom is 0.410 e. The van der Waals surface area contributed by atoms with Crippen LogP contribution in [0, 0.1) is 0 Å². The Morgan fingerprint density at radius 1 is 0.649 bits per heavy atom. The Kier molecular flexibility index (Phi) is 26.7. The first-order valence-electron chi connectivity index (χ1n) is 30.8. The van der Waals surface area contributed by atoms with Crippen molar-refractivity contribution in [2.45, 2.75) is 149 Å². The third kappa shape index (κ3) is 22.0. The number of nitrogen functional groups attached to an aromatic ring is 1. The summed E-state index contributed by atoms with van der Waals surface area (Å²) in [4.78, 5) is 88.6. The lowest BCUT2D eigenvalue weighted by Crippen LogP contribution is -2.47. The fourth-order valence-electron chi connectivity index (χ4n) is 10.8. The van der Waals surface area contributed by atoms with Crippen LogP contribution in [0.15, 0.2) is 134 Å². The summed E-state index contributed by atoms with van der Waals surface area (Å²) in [5.41, 5.74) is 12.3. The summed E-state index contributed by atoms with van der Waals surface area (Å²) < 4.78 is 11.6. The van der Waals surface area contributed by atoms with Gasteiger partial charge >= 0.3 is 12.2 Å². The number of amides is 3. The van der Waals surface area contributed by atoms with Gasteiger partial charge in [0.1, 0.15) is 11.2 Å². The number of hydrogen-bond donors (Lipinski definition) is 6. The van der Waals surface area contributed by atoms with Gasteiger partial charge in [0.05, 0.1) is 82.1 Å². The highest BCUT2D eigenvalue weighted by Crippen LogP contribution is 2.36. The Balaban J connectivity index is 0.000000242. The van der Waals surface area contributed by atoms with E-state index in [0.717, 1.165) is 83.6 Å². The number of alkyl halides is 1. The molecular formula is C69H85BrCl3N15O6. The summed E-state index contributed by atoms with van der Waals surface area (Å²) >= 11 is 21.1. The highest BCUT2D eigenvalue weighted by Gasteiger charge is 2.35. The summed E-state index contributed by atoms with van der Waals surface area (Å²) in [5.74, 6) is 0.769. The lowest BCUT2D eigenvalue weighted by molar-refractivity contribution is -0.112. The molecule has 7 N–H and O–H groups in total. The second-order valence-electron chi connectivity index (χ2n) is 25.0. The smallest absolute Gasteiger partial charge is 0.410 e. The molecule has 6 aromatic heterocycles. The fraction of sp³-hybridized carbons (Fsp3) is 0.391. The first kappa shape index (κ1) is 73.3. The van der Waals surface area contributed by atoms with E-state index in [0.29, 0.717) is 75.2 Å². The predicted octanol–water partition coefficient (Wildman–Crippen LogP) is 15.6. The van der Waals surface area contributed by atoms with Gasteiger partial charge in [-0.15, -0.1) is 0 Å². The molecular weight excluding hydrogens is 1320 g/mol. The summed E-state index contributed by atoms with van der Waals surface area (Å²) in [6, 6.07) is 23.3. The standard InChI is InChI=1S/C35H43ClN8O3.C29H34ClN7O2.C4H4BrClO.CH4/c1-35(2,3)47-34(46)44(22-25-16-15-24(19-37-25)40-31(45)14-9-17-43(4)5)26-11-8-10-23(18-26)41-33-39-21-29(36)32(42-33)28-20-38-30-13-7-6-12-27(28)30;1-29(2,3)39-28(38)37(17-20-12-11-18(31)14-32-20)21-8-6-7-19(13-21)35-27-34-16-24(30)26(36-27)23-15-33-25-10-5-4-9-22(23)25;5-3-1-2-4(6)7;/h6-7,9,12-16,19-21,23,26,38H,8,10-11,17-18,22H2,1-5H3,(H,40,45)(H,39,41,42);4-5,9-12,14-16,19,21,33H,6-8,13,17,31H2,1-3H3,(H,34,35,36);1-2H,3H2;1H4/b14-9+;;2-1+;/t23-,26?;19-,21?;;/m11../s1. The van der Waals surface area contributed by atoms with Gasteiger partial charge in [0, 0.05) is 87.4 Å². The number of nitrogens with two attached hydrogens (primary N) is 1. The molecule has 6 heterocycles. The molecule has 4 atom stereocenters. The number of allylic oxidation sites excluding steroid dienone is 2. The van der Waals surface area contributed by atoms with Crippen LogP contribution in [0.5, 0.6) is 0 Å². The zero-order valence-electron chi connectivity index (χ0n) is 53.6. The molecule has 2 aliphatic carbocycles. The topological polar surface area (TPSA) is 267 Å². The first-order chi connectivity index (χ1) is 44.4. The number of rotatable bonds is 18. The number of pyridine rings is 2. The molecule has 94 heavy (non-hydrogen) atoms. The number of carbonyl (C=O) groups excluding carboxylic acids is 4. The zero-order valence-corrected chi connectivity index (χ0v) is 57.4. The third-order valence-corrected chi connectivity index (χ3v) is 16.0. The van der Waals surface area contributed by atoms with E-state index in [1.54, 1.807) is 58.9 Å². The average molecular weight is 1410 g/mol. The van der Waals surface area contributed by atoms with Crippen LogP contribution in [0.1, 0.15) is 112 Å².